The van der Waals surface area contributed by atoms with Gasteiger partial charge in [0.05, 0.1) is 0 Å². The molecule has 0 aromatic carbocycles. The Kier molecular flexibility index (Phi) is 6.43. The van der Waals surface area contributed by atoms with Crippen LogP contribution < -0.4 is 10.9 Å². The SMILES string of the molecule is CCCn1ccnc(NCCN(CC)CC)c1=O. The fourth-order valence-corrected chi connectivity index (χ4v) is 1.86. The zero-order valence-electron chi connectivity index (χ0n) is 11.6. The van der Waals surface area contributed by atoms with Crippen LogP contribution in [0.4, 0.5) is 5.82 Å². The van der Waals surface area contributed by atoms with E-state index in [0.29, 0.717) is 5.82 Å². The van der Waals surface area contributed by atoms with E-state index in [1.165, 1.54) is 0 Å². The largest absolute Gasteiger partial charge is 0.364 e. The first-order chi connectivity index (χ1) is 8.72. The Bertz CT molecular complexity index is 398. The van der Waals surface area contributed by atoms with Crippen molar-refractivity contribution in [1.82, 2.24) is 14.5 Å². The standard InChI is InChI=1S/C13H24N4O/c1-4-9-17-11-8-15-12(13(17)18)14-7-10-16(5-2)6-3/h8,11H,4-7,9-10H2,1-3H3,(H,14,15). The van der Waals surface area contributed by atoms with Gasteiger partial charge in [0.15, 0.2) is 5.82 Å². The molecule has 0 radical (unpaired) electrons. The molecule has 5 nitrogen and oxygen atoms in total. The van der Waals surface area contributed by atoms with Gasteiger partial charge in [0.2, 0.25) is 0 Å². The molecule has 1 N–H and O–H groups in total. The van der Waals surface area contributed by atoms with Crippen molar-refractivity contribution < 1.29 is 0 Å². The molecule has 0 atom stereocenters. The number of aromatic nitrogens is 2. The first kappa shape index (κ1) is 14.7. The second-order valence-electron chi connectivity index (χ2n) is 4.23. The molecular weight excluding hydrogens is 228 g/mol. The number of anilines is 1. The van der Waals surface area contributed by atoms with Crippen molar-refractivity contribution >= 4 is 5.82 Å². The normalized spacial score (nSPS) is 10.9. The average molecular weight is 252 g/mol. The van der Waals surface area contributed by atoms with Gasteiger partial charge in [-0.3, -0.25) is 4.79 Å². The van der Waals surface area contributed by atoms with E-state index in [9.17, 15) is 4.79 Å². The molecule has 1 heterocycles. The maximum atomic E-state index is 12.0. The highest BCUT2D eigenvalue weighted by Crippen LogP contribution is 1.94. The second-order valence-corrected chi connectivity index (χ2v) is 4.23. The number of aryl methyl sites for hydroxylation is 1. The fraction of sp³-hybridized carbons (Fsp3) is 0.692. The van der Waals surface area contributed by atoms with Crippen LogP contribution in [0.3, 0.4) is 0 Å². The van der Waals surface area contributed by atoms with Gasteiger partial charge >= 0.3 is 0 Å². The van der Waals surface area contributed by atoms with Crippen molar-refractivity contribution in [2.75, 3.05) is 31.5 Å². The van der Waals surface area contributed by atoms with Gasteiger partial charge < -0.3 is 14.8 Å². The van der Waals surface area contributed by atoms with Crippen molar-refractivity contribution in [3.05, 3.63) is 22.7 Å². The summed E-state index contributed by atoms with van der Waals surface area (Å²) in [6.45, 7) is 10.8. The van der Waals surface area contributed by atoms with Crippen LogP contribution in [0.2, 0.25) is 0 Å². The lowest BCUT2D eigenvalue weighted by Crippen LogP contribution is -2.31. The molecule has 0 aliphatic heterocycles. The zero-order valence-corrected chi connectivity index (χ0v) is 11.6. The Morgan fingerprint density at radius 2 is 2.06 bits per heavy atom. The topological polar surface area (TPSA) is 50.2 Å². The monoisotopic (exact) mass is 252 g/mol. The lowest BCUT2D eigenvalue weighted by atomic mass is 10.4. The van der Waals surface area contributed by atoms with E-state index < -0.39 is 0 Å². The van der Waals surface area contributed by atoms with Crippen LogP contribution in [-0.4, -0.2) is 40.6 Å². The zero-order chi connectivity index (χ0) is 13.4. The van der Waals surface area contributed by atoms with Gasteiger partial charge in [-0.15, -0.1) is 0 Å². The van der Waals surface area contributed by atoms with Crippen LogP contribution in [0, 0.1) is 0 Å². The third kappa shape index (κ3) is 4.14. The fourth-order valence-electron chi connectivity index (χ4n) is 1.86. The quantitative estimate of drug-likeness (QED) is 0.760. The van der Waals surface area contributed by atoms with E-state index in [-0.39, 0.29) is 5.56 Å². The second kappa shape index (κ2) is 7.87. The Balaban J connectivity index is 2.57. The van der Waals surface area contributed by atoms with Gasteiger partial charge in [-0.05, 0) is 19.5 Å². The first-order valence-corrected chi connectivity index (χ1v) is 6.74. The van der Waals surface area contributed by atoms with Crippen molar-refractivity contribution in [3.8, 4) is 0 Å². The van der Waals surface area contributed by atoms with E-state index >= 15 is 0 Å². The number of hydrogen-bond donors (Lipinski definition) is 1. The van der Waals surface area contributed by atoms with Gasteiger partial charge in [-0.25, -0.2) is 4.98 Å². The number of nitrogens with zero attached hydrogens (tertiary/aromatic N) is 3. The summed E-state index contributed by atoms with van der Waals surface area (Å²) >= 11 is 0. The highest BCUT2D eigenvalue weighted by molar-refractivity contribution is 5.30. The lowest BCUT2D eigenvalue weighted by molar-refractivity contribution is 0.316. The third-order valence-corrected chi connectivity index (χ3v) is 2.99. The van der Waals surface area contributed by atoms with Crippen LogP contribution in [0.25, 0.3) is 0 Å². The minimum Gasteiger partial charge on any atom is -0.364 e. The molecule has 0 aliphatic carbocycles. The molecule has 5 heteroatoms. The van der Waals surface area contributed by atoms with Crippen LogP contribution in [0.1, 0.15) is 27.2 Å². The predicted octanol–water partition coefficient (Wildman–Crippen LogP) is 1.41. The Hall–Kier alpha value is -1.36. The summed E-state index contributed by atoms with van der Waals surface area (Å²) in [7, 11) is 0. The maximum Gasteiger partial charge on any atom is 0.293 e. The van der Waals surface area contributed by atoms with Crippen molar-refractivity contribution in [2.45, 2.75) is 33.7 Å². The molecule has 1 rings (SSSR count). The minimum absolute atomic E-state index is 0.0288. The van der Waals surface area contributed by atoms with E-state index in [1.54, 1.807) is 17.0 Å². The van der Waals surface area contributed by atoms with Gasteiger partial charge in [0.25, 0.3) is 5.56 Å². The molecular formula is C13H24N4O. The number of rotatable bonds is 8. The van der Waals surface area contributed by atoms with Crippen molar-refractivity contribution in [1.29, 1.82) is 0 Å². The molecule has 1 aromatic heterocycles. The van der Waals surface area contributed by atoms with Gasteiger partial charge in [0.1, 0.15) is 0 Å². The molecule has 0 saturated carbocycles. The molecule has 18 heavy (non-hydrogen) atoms. The summed E-state index contributed by atoms with van der Waals surface area (Å²) in [6, 6.07) is 0. The minimum atomic E-state index is -0.0288. The molecule has 0 unspecified atom stereocenters. The van der Waals surface area contributed by atoms with E-state index in [4.69, 9.17) is 0 Å². The molecule has 0 bridgehead atoms. The molecule has 102 valence electrons. The summed E-state index contributed by atoms with van der Waals surface area (Å²) < 4.78 is 1.70. The highest BCUT2D eigenvalue weighted by atomic mass is 16.1. The smallest absolute Gasteiger partial charge is 0.293 e. The summed E-state index contributed by atoms with van der Waals surface area (Å²) in [5.74, 6) is 0.457. The predicted molar refractivity (Wildman–Crippen MR) is 75.1 cm³/mol. The number of nitrogens with one attached hydrogen (secondary N) is 1. The van der Waals surface area contributed by atoms with Crippen LogP contribution in [0.5, 0.6) is 0 Å². The Morgan fingerprint density at radius 3 is 2.67 bits per heavy atom. The summed E-state index contributed by atoms with van der Waals surface area (Å²) in [5.41, 5.74) is -0.0288. The Morgan fingerprint density at radius 1 is 1.33 bits per heavy atom. The highest BCUT2D eigenvalue weighted by Gasteiger charge is 2.04. The molecule has 0 fully saturated rings. The molecule has 1 aromatic rings. The average Bonchev–Trinajstić information content (AvgIpc) is 2.39. The van der Waals surface area contributed by atoms with Crippen LogP contribution in [0.15, 0.2) is 17.2 Å². The van der Waals surface area contributed by atoms with Gasteiger partial charge in [0, 0.05) is 32.0 Å². The van der Waals surface area contributed by atoms with E-state index in [2.05, 4.69) is 36.0 Å². The van der Waals surface area contributed by atoms with Gasteiger partial charge in [-0.1, -0.05) is 20.8 Å². The Labute approximate surface area is 109 Å². The van der Waals surface area contributed by atoms with Crippen LogP contribution in [-0.2, 0) is 6.54 Å². The van der Waals surface area contributed by atoms with Crippen molar-refractivity contribution in [2.24, 2.45) is 0 Å². The maximum absolute atomic E-state index is 12.0. The number of hydrogen-bond acceptors (Lipinski definition) is 4. The molecule has 0 amide bonds. The third-order valence-electron chi connectivity index (χ3n) is 2.99. The van der Waals surface area contributed by atoms with E-state index in [1.807, 2.05) is 0 Å². The summed E-state index contributed by atoms with van der Waals surface area (Å²) in [5, 5.41) is 3.12. The van der Waals surface area contributed by atoms with Gasteiger partial charge in [-0.2, -0.15) is 0 Å². The molecule has 0 aliphatic rings. The summed E-state index contributed by atoms with van der Waals surface area (Å²) in [6.07, 6.45) is 4.36. The lowest BCUT2D eigenvalue weighted by Gasteiger charge is -2.18. The van der Waals surface area contributed by atoms with Crippen molar-refractivity contribution in [3.63, 3.8) is 0 Å². The molecule has 0 saturated heterocycles. The molecule has 0 spiro atoms. The first-order valence-electron chi connectivity index (χ1n) is 6.74. The van der Waals surface area contributed by atoms with E-state index in [0.717, 1.165) is 39.1 Å². The van der Waals surface area contributed by atoms with Crippen LogP contribution >= 0.6 is 0 Å². The summed E-state index contributed by atoms with van der Waals surface area (Å²) in [4.78, 5) is 18.4. The number of likely N-dealkylation sites (N-methyl/N-ethyl adjacent to an activating group) is 1.